The van der Waals surface area contributed by atoms with Crippen LogP contribution in [0.15, 0.2) is 0 Å². The molecule has 2 unspecified atom stereocenters. The highest BCUT2D eigenvalue weighted by molar-refractivity contribution is 5.94. The van der Waals surface area contributed by atoms with Gasteiger partial charge in [-0.25, -0.2) is 4.79 Å². The van der Waals surface area contributed by atoms with E-state index in [1.54, 1.807) is 6.92 Å². The van der Waals surface area contributed by atoms with Crippen molar-refractivity contribution in [3.8, 4) is 12.3 Å². The number of amides is 3. The van der Waals surface area contributed by atoms with Crippen molar-refractivity contribution in [2.45, 2.75) is 45.6 Å². The van der Waals surface area contributed by atoms with E-state index in [9.17, 15) is 14.4 Å². The van der Waals surface area contributed by atoms with E-state index in [0.717, 1.165) is 0 Å². The first-order chi connectivity index (χ1) is 8.88. The molecule has 0 rings (SSSR count). The number of carbonyl (C=O) groups is 3. The maximum atomic E-state index is 11.5. The van der Waals surface area contributed by atoms with Gasteiger partial charge >= 0.3 is 12.0 Å². The number of urea groups is 1. The zero-order valence-corrected chi connectivity index (χ0v) is 11.2. The van der Waals surface area contributed by atoms with Gasteiger partial charge in [-0.15, -0.1) is 12.3 Å². The maximum absolute atomic E-state index is 11.5. The molecule has 0 aromatic carbocycles. The molecule has 3 N–H and O–H groups in total. The van der Waals surface area contributed by atoms with Gasteiger partial charge in [0.25, 0.3) is 0 Å². The minimum atomic E-state index is -0.968. The van der Waals surface area contributed by atoms with Crippen molar-refractivity contribution in [2.24, 2.45) is 5.92 Å². The molecule has 0 bridgehead atoms. The summed E-state index contributed by atoms with van der Waals surface area (Å²) in [6.07, 6.45) is 6.10. The second-order valence-corrected chi connectivity index (χ2v) is 4.44. The lowest BCUT2D eigenvalue weighted by molar-refractivity contribution is -0.138. The largest absolute Gasteiger partial charge is 0.481 e. The van der Waals surface area contributed by atoms with E-state index in [1.807, 2.05) is 6.92 Å². The Morgan fingerprint density at radius 2 is 1.95 bits per heavy atom. The predicted octanol–water partition coefficient (Wildman–Crippen LogP) is 1.11. The molecule has 0 aliphatic heterocycles. The van der Waals surface area contributed by atoms with Crippen LogP contribution in [0.5, 0.6) is 0 Å². The molecule has 106 valence electrons. The van der Waals surface area contributed by atoms with Gasteiger partial charge in [-0.05, 0) is 12.3 Å². The van der Waals surface area contributed by atoms with Crippen molar-refractivity contribution in [1.82, 2.24) is 10.6 Å². The molecule has 6 heteroatoms. The number of nitrogens with one attached hydrogen (secondary N) is 2. The van der Waals surface area contributed by atoms with Gasteiger partial charge in [0, 0.05) is 25.3 Å². The van der Waals surface area contributed by atoms with Gasteiger partial charge in [0.1, 0.15) is 0 Å². The lowest BCUT2D eigenvalue weighted by atomic mass is 10.0. The standard InChI is InChI=1S/C13H20N2O4/c1-4-6-10(5-2)14-13(19)15-11(16)7-9(3)8-12(17)18/h1,9-10H,5-8H2,2-3H3,(H,17,18)(H2,14,15,16,19). The molecular weight excluding hydrogens is 248 g/mol. The van der Waals surface area contributed by atoms with Gasteiger partial charge in [0.15, 0.2) is 0 Å². The summed E-state index contributed by atoms with van der Waals surface area (Å²) in [5, 5.41) is 13.3. The van der Waals surface area contributed by atoms with E-state index < -0.39 is 17.9 Å². The Morgan fingerprint density at radius 1 is 1.32 bits per heavy atom. The van der Waals surface area contributed by atoms with Crippen molar-refractivity contribution in [3.05, 3.63) is 0 Å². The van der Waals surface area contributed by atoms with Crippen molar-refractivity contribution in [1.29, 1.82) is 0 Å². The lowest BCUT2D eigenvalue weighted by Crippen LogP contribution is -2.44. The molecule has 3 amide bonds. The SMILES string of the molecule is C#CCC(CC)NC(=O)NC(=O)CC(C)CC(=O)O. The van der Waals surface area contributed by atoms with Gasteiger partial charge in [0.05, 0.1) is 0 Å². The van der Waals surface area contributed by atoms with Crippen molar-refractivity contribution >= 4 is 17.9 Å². The molecule has 0 radical (unpaired) electrons. The minimum Gasteiger partial charge on any atom is -0.481 e. The third kappa shape index (κ3) is 8.66. The molecule has 0 aromatic heterocycles. The normalized spacial score (nSPS) is 12.9. The van der Waals surface area contributed by atoms with Crippen molar-refractivity contribution < 1.29 is 19.5 Å². The van der Waals surface area contributed by atoms with Crippen LogP contribution >= 0.6 is 0 Å². The third-order valence-corrected chi connectivity index (χ3v) is 2.50. The van der Waals surface area contributed by atoms with Crippen LogP contribution in [0.25, 0.3) is 0 Å². The quantitative estimate of drug-likeness (QED) is 0.603. The number of terminal acetylenes is 1. The van der Waals surface area contributed by atoms with Crippen LogP contribution in [0.2, 0.25) is 0 Å². The predicted molar refractivity (Wildman–Crippen MR) is 70.2 cm³/mol. The number of carbonyl (C=O) groups excluding carboxylic acids is 2. The highest BCUT2D eigenvalue weighted by Gasteiger charge is 2.16. The van der Waals surface area contributed by atoms with Crippen LogP contribution < -0.4 is 10.6 Å². The summed E-state index contributed by atoms with van der Waals surface area (Å²) in [7, 11) is 0. The molecule has 0 saturated heterocycles. The topological polar surface area (TPSA) is 95.5 Å². The van der Waals surface area contributed by atoms with Gasteiger partial charge in [0.2, 0.25) is 5.91 Å². The number of carboxylic acid groups (broad SMARTS) is 1. The minimum absolute atomic E-state index is 0.00828. The highest BCUT2D eigenvalue weighted by atomic mass is 16.4. The summed E-state index contributed by atoms with van der Waals surface area (Å²) in [4.78, 5) is 33.4. The zero-order chi connectivity index (χ0) is 14.8. The maximum Gasteiger partial charge on any atom is 0.321 e. The van der Waals surface area contributed by atoms with Gasteiger partial charge < -0.3 is 10.4 Å². The van der Waals surface area contributed by atoms with Crippen LogP contribution in [0.4, 0.5) is 4.79 Å². The Balaban J connectivity index is 4.08. The van der Waals surface area contributed by atoms with Gasteiger partial charge in [-0.3, -0.25) is 14.9 Å². The molecule has 2 atom stereocenters. The number of hydrogen-bond donors (Lipinski definition) is 3. The molecule has 0 saturated carbocycles. The van der Waals surface area contributed by atoms with Gasteiger partial charge in [-0.1, -0.05) is 13.8 Å². The van der Waals surface area contributed by atoms with Crippen molar-refractivity contribution in [2.75, 3.05) is 0 Å². The van der Waals surface area contributed by atoms with Crippen LogP contribution in [0, 0.1) is 18.3 Å². The summed E-state index contributed by atoms with van der Waals surface area (Å²) in [5.41, 5.74) is 0. The fraction of sp³-hybridized carbons (Fsp3) is 0.615. The molecule has 0 aromatic rings. The number of rotatable bonds is 7. The first kappa shape index (κ1) is 17.0. The Bertz CT molecular complexity index is 373. The number of aliphatic carboxylic acids is 1. The second-order valence-electron chi connectivity index (χ2n) is 4.44. The smallest absolute Gasteiger partial charge is 0.321 e. The fourth-order valence-electron chi connectivity index (χ4n) is 1.53. The molecule has 6 nitrogen and oxygen atoms in total. The number of hydrogen-bond acceptors (Lipinski definition) is 3. The average Bonchev–Trinajstić information content (AvgIpc) is 2.26. The van der Waals surface area contributed by atoms with E-state index in [0.29, 0.717) is 12.8 Å². The van der Waals surface area contributed by atoms with Crippen molar-refractivity contribution in [3.63, 3.8) is 0 Å². The second kappa shape index (κ2) is 8.97. The summed E-state index contributed by atoms with van der Waals surface area (Å²) < 4.78 is 0. The first-order valence-corrected chi connectivity index (χ1v) is 6.14. The summed E-state index contributed by atoms with van der Waals surface area (Å²) in [5.74, 6) is 0.651. The summed E-state index contributed by atoms with van der Waals surface area (Å²) in [6.45, 7) is 3.51. The molecule has 0 aliphatic rings. The molecule has 0 aliphatic carbocycles. The molecule has 19 heavy (non-hydrogen) atoms. The van der Waals surface area contributed by atoms with E-state index >= 15 is 0 Å². The van der Waals surface area contributed by atoms with E-state index in [1.165, 1.54) is 0 Å². The Hall–Kier alpha value is -2.03. The average molecular weight is 268 g/mol. The van der Waals surface area contributed by atoms with Gasteiger partial charge in [-0.2, -0.15) is 0 Å². The third-order valence-electron chi connectivity index (χ3n) is 2.50. The van der Waals surface area contributed by atoms with Crippen LogP contribution in [-0.4, -0.2) is 29.1 Å². The van der Waals surface area contributed by atoms with Crippen LogP contribution in [0.1, 0.15) is 39.5 Å². The molecule has 0 spiro atoms. The zero-order valence-electron chi connectivity index (χ0n) is 11.2. The first-order valence-electron chi connectivity index (χ1n) is 6.14. The molecule has 0 heterocycles. The molecule has 0 fully saturated rings. The lowest BCUT2D eigenvalue weighted by Gasteiger charge is -2.15. The van der Waals surface area contributed by atoms with E-state index in [4.69, 9.17) is 11.5 Å². The Morgan fingerprint density at radius 3 is 2.42 bits per heavy atom. The highest BCUT2D eigenvalue weighted by Crippen LogP contribution is 2.06. The summed E-state index contributed by atoms with van der Waals surface area (Å²) >= 11 is 0. The fourth-order valence-corrected chi connectivity index (χ4v) is 1.53. The number of carboxylic acids is 1. The molecular formula is C13H20N2O4. The number of imide groups is 1. The van der Waals surface area contributed by atoms with E-state index in [-0.39, 0.29) is 24.8 Å². The van der Waals surface area contributed by atoms with Crippen LogP contribution in [0.3, 0.4) is 0 Å². The monoisotopic (exact) mass is 268 g/mol. The van der Waals surface area contributed by atoms with Crippen LogP contribution in [-0.2, 0) is 9.59 Å². The summed E-state index contributed by atoms with van der Waals surface area (Å²) in [6, 6.07) is -0.774. The van der Waals surface area contributed by atoms with E-state index in [2.05, 4.69) is 16.6 Å². The Kier molecular flexibility index (Phi) is 8.02. The Labute approximate surface area is 112 Å².